The van der Waals surface area contributed by atoms with Gasteiger partial charge in [0.25, 0.3) is 0 Å². The van der Waals surface area contributed by atoms with Crippen molar-refractivity contribution in [1.82, 2.24) is 20.0 Å². The van der Waals surface area contributed by atoms with Gasteiger partial charge in [-0.05, 0) is 51.3 Å². The first kappa shape index (κ1) is 16.5. The van der Waals surface area contributed by atoms with Crippen molar-refractivity contribution in [1.29, 1.82) is 0 Å². The van der Waals surface area contributed by atoms with Crippen LogP contribution >= 0.6 is 0 Å². The van der Waals surface area contributed by atoms with Gasteiger partial charge >= 0.3 is 0 Å². The second-order valence-electron chi connectivity index (χ2n) is 7.01. The number of hydrogen-bond donors (Lipinski definition) is 1. The zero-order valence-corrected chi connectivity index (χ0v) is 14.3. The fraction of sp³-hybridized carbons (Fsp3) is 0.765. The minimum atomic E-state index is -0.345. The van der Waals surface area contributed by atoms with Gasteiger partial charge in [0.2, 0.25) is 5.91 Å². The zero-order valence-electron chi connectivity index (χ0n) is 14.3. The number of nitrogens with zero attached hydrogens (tertiary/aromatic N) is 3. The molecule has 2 aliphatic rings. The summed E-state index contributed by atoms with van der Waals surface area (Å²) >= 11 is 0. The molecule has 1 amide bonds. The number of rotatable bonds is 4. The first-order valence-corrected chi connectivity index (χ1v) is 8.64. The number of aryl methyl sites for hydroxylation is 1. The lowest BCUT2D eigenvalue weighted by molar-refractivity contribution is -0.149. The summed E-state index contributed by atoms with van der Waals surface area (Å²) in [5.41, 5.74) is 0.824. The van der Waals surface area contributed by atoms with Gasteiger partial charge in [0.1, 0.15) is 0 Å². The molecule has 1 N–H and O–H groups in total. The van der Waals surface area contributed by atoms with Crippen LogP contribution in [0, 0.1) is 12.3 Å². The molecule has 2 aliphatic heterocycles. The fourth-order valence-electron chi connectivity index (χ4n) is 3.92. The molecule has 2 saturated heterocycles. The minimum absolute atomic E-state index is 0.273. The highest BCUT2D eigenvalue weighted by atomic mass is 16.5. The topological polar surface area (TPSA) is 59.4 Å². The van der Waals surface area contributed by atoms with E-state index in [-0.39, 0.29) is 11.3 Å². The molecular weight excluding hydrogens is 292 g/mol. The lowest BCUT2D eigenvalue weighted by Crippen LogP contribution is -2.53. The number of piperidine rings is 2. The first-order chi connectivity index (χ1) is 11.1. The molecule has 0 aliphatic carbocycles. The zero-order chi connectivity index (χ0) is 16.3. The molecule has 0 bridgehead atoms. The Morgan fingerprint density at radius 1 is 1.48 bits per heavy atom. The smallest absolute Gasteiger partial charge is 0.231 e. The summed E-state index contributed by atoms with van der Waals surface area (Å²) in [6, 6.07) is 0.294. The third-order valence-corrected chi connectivity index (χ3v) is 5.22. The van der Waals surface area contributed by atoms with Crippen molar-refractivity contribution in [2.75, 3.05) is 39.9 Å². The number of nitrogens with one attached hydrogen (secondary N) is 1. The van der Waals surface area contributed by atoms with Crippen LogP contribution in [0.1, 0.15) is 37.3 Å². The van der Waals surface area contributed by atoms with Gasteiger partial charge < -0.3 is 15.0 Å². The summed E-state index contributed by atoms with van der Waals surface area (Å²) in [5.74, 6) is 0.273. The quantitative estimate of drug-likeness (QED) is 0.910. The van der Waals surface area contributed by atoms with E-state index >= 15 is 0 Å². The van der Waals surface area contributed by atoms with E-state index < -0.39 is 0 Å². The minimum Gasteiger partial charge on any atom is -0.384 e. The van der Waals surface area contributed by atoms with Crippen LogP contribution in [0.4, 0.5) is 0 Å². The number of ether oxygens (including phenoxy) is 1. The third kappa shape index (κ3) is 3.43. The van der Waals surface area contributed by atoms with Crippen LogP contribution in [-0.2, 0) is 9.53 Å². The predicted octanol–water partition coefficient (Wildman–Crippen LogP) is 1.37. The summed E-state index contributed by atoms with van der Waals surface area (Å²) in [6.45, 7) is 5.98. The van der Waals surface area contributed by atoms with E-state index in [9.17, 15) is 4.79 Å². The van der Waals surface area contributed by atoms with Crippen molar-refractivity contribution in [3.05, 3.63) is 18.0 Å². The Morgan fingerprint density at radius 3 is 2.91 bits per heavy atom. The van der Waals surface area contributed by atoms with Gasteiger partial charge in [-0.1, -0.05) is 0 Å². The Balaban J connectivity index is 1.72. The van der Waals surface area contributed by atoms with Gasteiger partial charge in [-0.2, -0.15) is 5.10 Å². The molecular formula is C17H28N4O2. The van der Waals surface area contributed by atoms with Crippen molar-refractivity contribution in [3.8, 4) is 0 Å². The highest BCUT2D eigenvalue weighted by Gasteiger charge is 2.43. The normalized spacial score (nSPS) is 24.6. The van der Waals surface area contributed by atoms with Gasteiger partial charge in [-0.3, -0.25) is 9.48 Å². The van der Waals surface area contributed by atoms with E-state index in [0.29, 0.717) is 12.6 Å². The van der Waals surface area contributed by atoms with Crippen molar-refractivity contribution < 1.29 is 9.53 Å². The highest BCUT2D eigenvalue weighted by molar-refractivity contribution is 5.83. The lowest BCUT2D eigenvalue weighted by atomic mass is 9.78. The summed E-state index contributed by atoms with van der Waals surface area (Å²) in [5, 5.41) is 7.80. The molecule has 3 heterocycles. The Bertz CT molecular complexity index is 531. The summed E-state index contributed by atoms with van der Waals surface area (Å²) in [4.78, 5) is 15.3. The Labute approximate surface area is 138 Å². The number of hydrogen-bond acceptors (Lipinski definition) is 4. The number of likely N-dealkylation sites (tertiary alicyclic amines) is 1. The van der Waals surface area contributed by atoms with Gasteiger partial charge in [0.15, 0.2) is 0 Å². The van der Waals surface area contributed by atoms with Crippen LogP contribution in [0.5, 0.6) is 0 Å². The SMILES string of the molecule is COCC1(C(=O)N2CCCC(n3cc(C)cn3)C2)CCNCC1. The predicted molar refractivity (Wildman–Crippen MR) is 88.2 cm³/mol. The average Bonchev–Trinajstić information content (AvgIpc) is 3.02. The Kier molecular flexibility index (Phi) is 5.02. The molecule has 128 valence electrons. The molecule has 0 aromatic carbocycles. The van der Waals surface area contributed by atoms with E-state index in [1.165, 1.54) is 5.56 Å². The van der Waals surface area contributed by atoms with Crippen molar-refractivity contribution in [3.63, 3.8) is 0 Å². The molecule has 1 aromatic rings. The number of methoxy groups -OCH3 is 1. The lowest BCUT2D eigenvalue weighted by Gasteiger charge is -2.42. The van der Waals surface area contributed by atoms with Crippen LogP contribution in [0.25, 0.3) is 0 Å². The second-order valence-corrected chi connectivity index (χ2v) is 7.01. The number of carbonyl (C=O) groups excluding carboxylic acids is 1. The molecule has 0 saturated carbocycles. The molecule has 6 heteroatoms. The third-order valence-electron chi connectivity index (χ3n) is 5.22. The van der Waals surface area contributed by atoms with Crippen LogP contribution in [-0.4, -0.2) is 60.5 Å². The monoisotopic (exact) mass is 320 g/mol. The molecule has 0 spiro atoms. The maximum absolute atomic E-state index is 13.2. The summed E-state index contributed by atoms with van der Waals surface area (Å²) in [7, 11) is 1.70. The first-order valence-electron chi connectivity index (χ1n) is 8.64. The molecule has 2 fully saturated rings. The van der Waals surface area contributed by atoms with E-state index in [1.807, 2.05) is 10.9 Å². The number of carbonyl (C=O) groups is 1. The molecule has 6 nitrogen and oxygen atoms in total. The molecule has 1 aromatic heterocycles. The highest BCUT2D eigenvalue weighted by Crippen LogP contribution is 2.34. The Morgan fingerprint density at radius 2 is 2.26 bits per heavy atom. The van der Waals surface area contributed by atoms with Crippen LogP contribution < -0.4 is 5.32 Å². The van der Waals surface area contributed by atoms with E-state index in [4.69, 9.17) is 4.74 Å². The molecule has 1 unspecified atom stereocenters. The van der Waals surface area contributed by atoms with Gasteiger partial charge in [-0.15, -0.1) is 0 Å². The van der Waals surface area contributed by atoms with E-state index in [2.05, 4.69) is 28.4 Å². The molecule has 1 atom stereocenters. The van der Waals surface area contributed by atoms with E-state index in [0.717, 1.165) is 51.9 Å². The van der Waals surface area contributed by atoms with Crippen LogP contribution in [0.2, 0.25) is 0 Å². The molecule has 23 heavy (non-hydrogen) atoms. The maximum atomic E-state index is 13.2. The van der Waals surface area contributed by atoms with Crippen molar-refractivity contribution in [2.24, 2.45) is 5.41 Å². The van der Waals surface area contributed by atoms with Gasteiger partial charge in [-0.25, -0.2) is 0 Å². The number of aromatic nitrogens is 2. The molecule has 0 radical (unpaired) electrons. The average molecular weight is 320 g/mol. The largest absolute Gasteiger partial charge is 0.384 e. The second kappa shape index (κ2) is 7.01. The Hall–Kier alpha value is -1.40. The van der Waals surface area contributed by atoms with E-state index in [1.54, 1.807) is 7.11 Å². The standard InChI is InChI=1S/C17H28N4O2/c1-14-10-19-21(11-14)15-4-3-9-20(12-15)16(22)17(13-23-2)5-7-18-8-6-17/h10-11,15,18H,3-9,12-13H2,1-2H3. The van der Waals surface area contributed by atoms with Gasteiger partial charge in [0, 0.05) is 26.4 Å². The van der Waals surface area contributed by atoms with Crippen molar-refractivity contribution >= 4 is 5.91 Å². The fourth-order valence-corrected chi connectivity index (χ4v) is 3.92. The maximum Gasteiger partial charge on any atom is 0.231 e. The molecule has 3 rings (SSSR count). The van der Waals surface area contributed by atoms with Crippen molar-refractivity contribution in [2.45, 2.75) is 38.6 Å². The van der Waals surface area contributed by atoms with Crippen LogP contribution in [0.3, 0.4) is 0 Å². The number of amides is 1. The van der Waals surface area contributed by atoms with Gasteiger partial charge in [0.05, 0.1) is 24.3 Å². The van der Waals surface area contributed by atoms with Crippen LogP contribution in [0.15, 0.2) is 12.4 Å². The summed E-state index contributed by atoms with van der Waals surface area (Å²) < 4.78 is 7.45. The summed E-state index contributed by atoms with van der Waals surface area (Å²) in [6.07, 6.45) is 7.82.